The van der Waals surface area contributed by atoms with Gasteiger partial charge in [-0.3, -0.25) is 9.59 Å². The van der Waals surface area contributed by atoms with E-state index in [1.54, 1.807) is 36.0 Å². The van der Waals surface area contributed by atoms with E-state index in [2.05, 4.69) is 5.32 Å². The Balaban J connectivity index is 2.34. The zero-order valence-corrected chi connectivity index (χ0v) is 14.3. The minimum absolute atomic E-state index is 0.0492. The molecule has 0 fully saturated rings. The predicted octanol–water partition coefficient (Wildman–Crippen LogP) is 2.40. The molecule has 0 amide bonds. The van der Waals surface area contributed by atoms with Crippen LogP contribution in [0.3, 0.4) is 0 Å². The smallest absolute Gasteiger partial charge is 0.328 e. The first kappa shape index (κ1) is 17.6. The van der Waals surface area contributed by atoms with Crippen molar-refractivity contribution in [3.8, 4) is 0 Å². The third-order valence-corrected chi connectivity index (χ3v) is 4.48. The highest BCUT2D eigenvalue weighted by atomic mass is 35.5. The van der Waals surface area contributed by atoms with Gasteiger partial charge < -0.3 is 10.1 Å². The van der Waals surface area contributed by atoms with Gasteiger partial charge >= 0.3 is 5.97 Å². The van der Waals surface area contributed by atoms with Crippen molar-refractivity contribution in [2.75, 3.05) is 19.1 Å². The molecule has 0 saturated heterocycles. The van der Waals surface area contributed by atoms with Gasteiger partial charge in [0.05, 0.1) is 7.11 Å². The second-order valence-corrected chi connectivity index (χ2v) is 6.26. The fraction of sp³-hybridized carbons (Fsp3) is 0.312. The van der Waals surface area contributed by atoms with Crippen LogP contribution in [0.4, 0.5) is 0 Å². The third kappa shape index (κ3) is 3.59. The number of fused-ring (bicyclic) bond motifs is 1. The lowest BCUT2D eigenvalue weighted by Gasteiger charge is -2.23. The molecule has 1 aromatic carbocycles. The van der Waals surface area contributed by atoms with Gasteiger partial charge in [0, 0.05) is 11.1 Å². The van der Waals surface area contributed by atoms with Gasteiger partial charge in [-0.1, -0.05) is 35.9 Å². The fourth-order valence-corrected chi connectivity index (χ4v) is 2.99. The Morgan fingerprint density at radius 3 is 2.43 bits per heavy atom. The zero-order chi connectivity index (χ0) is 17.0. The van der Waals surface area contributed by atoms with Crippen LogP contribution in [0.2, 0.25) is 0 Å². The number of thioether (sulfide) groups is 1. The van der Waals surface area contributed by atoms with Crippen LogP contribution in [-0.2, 0) is 9.53 Å². The summed E-state index contributed by atoms with van der Waals surface area (Å²) in [5.41, 5.74) is 0.497. The molecule has 1 N–H and O–H groups in total. The summed E-state index contributed by atoms with van der Waals surface area (Å²) in [6.45, 7) is 0. The van der Waals surface area contributed by atoms with Crippen molar-refractivity contribution in [2.24, 2.45) is 0 Å². The average Bonchev–Trinajstić information content (AvgIpc) is 2.58. The van der Waals surface area contributed by atoms with E-state index in [4.69, 9.17) is 16.3 Å². The Morgan fingerprint density at radius 2 is 1.87 bits per heavy atom. The molecule has 2 rings (SSSR count). The number of hydrogen-bond acceptors (Lipinski definition) is 6. The highest BCUT2D eigenvalue weighted by molar-refractivity contribution is 7.98. The van der Waals surface area contributed by atoms with Crippen LogP contribution in [0.5, 0.6) is 0 Å². The van der Waals surface area contributed by atoms with E-state index in [-0.39, 0.29) is 21.9 Å². The second-order valence-electron chi connectivity index (χ2n) is 4.89. The van der Waals surface area contributed by atoms with Crippen molar-refractivity contribution in [1.82, 2.24) is 5.32 Å². The van der Waals surface area contributed by atoms with E-state index < -0.39 is 23.6 Å². The number of esters is 1. The van der Waals surface area contributed by atoms with Crippen molar-refractivity contribution < 1.29 is 19.1 Å². The number of benzene rings is 1. The number of nitrogens with one attached hydrogen (secondary N) is 1. The van der Waals surface area contributed by atoms with Crippen LogP contribution in [0.15, 0.2) is 35.0 Å². The summed E-state index contributed by atoms with van der Waals surface area (Å²) < 4.78 is 4.75. The summed E-state index contributed by atoms with van der Waals surface area (Å²) >= 11 is 7.63. The first-order valence-corrected chi connectivity index (χ1v) is 8.70. The van der Waals surface area contributed by atoms with Gasteiger partial charge in [-0.2, -0.15) is 11.8 Å². The number of ketones is 2. The van der Waals surface area contributed by atoms with Crippen molar-refractivity contribution >= 4 is 40.9 Å². The van der Waals surface area contributed by atoms with E-state index in [1.807, 2.05) is 6.26 Å². The minimum atomic E-state index is -0.738. The van der Waals surface area contributed by atoms with Crippen LogP contribution < -0.4 is 5.32 Å². The topological polar surface area (TPSA) is 72.5 Å². The summed E-state index contributed by atoms with van der Waals surface area (Å²) in [7, 11) is 1.27. The van der Waals surface area contributed by atoms with Gasteiger partial charge in [0.25, 0.3) is 0 Å². The van der Waals surface area contributed by atoms with Gasteiger partial charge in [0.1, 0.15) is 16.8 Å². The number of methoxy groups -OCH3 is 1. The molecule has 0 bridgehead atoms. The number of ether oxygens (including phenoxy) is 1. The summed E-state index contributed by atoms with van der Waals surface area (Å²) in [5, 5.41) is 2.60. The standard InChI is InChI=1S/C16H16ClNO4S/c1-22-16(21)11(7-8-23-2)18-13-12(17)14(19)9-5-3-4-6-10(9)15(13)20/h3-6,11,18H,7-8H2,1-2H3. The van der Waals surface area contributed by atoms with Crippen molar-refractivity contribution in [3.63, 3.8) is 0 Å². The van der Waals surface area contributed by atoms with Gasteiger partial charge in [-0.05, 0) is 18.4 Å². The molecule has 122 valence electrons. The molecule has 0 aliphatic heterocycles. The summed E-state index contributed by atoms with van der Waals surface area (Å²) in [6.07, 6.45) is 2.36. The van der Waals surface area contributed by atoms with Crippen LogP contribution >= 0.6 is 23.4 Å². The Bertz CT molecular complexity index is 686. The maximum Gasteiger partial charge on any atom is 0.328 e. The first-order chi connectivity index (χ1) is 11.0. The SMILES string of the molecule is COC(=O)C(CCSC)NC1=C(Cl)C(=O)c2ccccc2C1=O. The maximum atomic E-state index is 12.6. The molecule has 1 aromatic rings. The molecule has 1 unspecified atom stereocenters. The molecule has 1 aliphatic carbocycles. The molecule has 0 spiro atoms. The predicted molar refractivity (Wildman–Crippen MR) is 89.9 cm³/mol. The highest BCUT2D eigenvalue weighted by Gasteiger charge is 2.33. The minimum Gasteiger partial charge on any atom is -0.467 e. The lowest BCUT2D eigenvalue weighted by atomic mass is 9.92. The molecule has 0 heterocycles. The number of halogens is 1. The van der Waals surface area contributed by atoms with Gasteiger partial charge in [-0.25, -0.2) is 4.79 Å². The number of hydrogen-bond donors (Lipinski definition) is 1. The van der Waals surface area contributed by atoms with Crippen LogP contribution in [0, 0.1) is 0 Å². The molecule has 0 saturated carbocycles. The number of allylic oxidation sites excluding steroid dienone is 2. The number of carbonyl (C=O) groups is 3. The Morgan fingerprint density at radius 1 is 1.26 bits per heavy atom. The van der Waals surface area contributed by atoms with E-state index in [0.29, 0.717) is 12.2 Å². The van der Waals surface area contributed by atoms with Crippen molar-refractivity contribution in [2.45, 2.75) is 12.5 Å². The molecular weight excluding hydrogens is 338 g/mol. The lowest BCUT2D eigenvalue weighted by molar-refractivity contribution is -0.142. The lowest BCUT2D eigenvalue weighted by Crippen LogP contribution is -2.41. The van der Waals surface area contributed by atoms with Crippen LogP contribution in [-0.4, -0.2) is 42.7 Å². The fourth-order valence-electron chi connectivity index (χ4n) is 2.28. The third-order valence-electron chi connectivity index (χ3n) is 3.48. The molecule has 1 atom stereocenters. The molecule has 1 aliphatic rings. The van der Waals surface area contributed by atoms with E-state index in [9.17, 15) is 14.4 Å². The molecule has 23 heavy (non-hydrogen) atoms. The van der Waals surface area contributed by atoms with Crippen LogP contribution in [0.25, 0.3) is 0 Å². The summed E-state index contributed by atoms with van der Waals surface area (Å²) in [6, 6.07) is 5.73. The Hall–Kier alpha value is -1.79. The van der Waals surface area contributed by atoms with Gasteiger partial charge in [0.2, 0.25) is 11.6 Å². The van der Waals surface area contributed by atoms with E-state index in [1.165, 1.54) is 7.11 Å². The zero-order valence-electron chi connectivity index (χ0n) is 12.7. The first-order valence-electron chi connectivity index (χ1n) is 6.92. The molecule has 7 heteroatoms. The summed E-state index contributed by atoms with van der Waals surface area (Å²) in [5.74, 6) is -0.646. The second kappa shape index (κ2) is 7.66. The molecule has 5 nitrogen and oxygen atoms in total. The number of Topliss-reactive ketones (excluding diaryl/α,β-unsaturated/α-hetero) is 2. The average molecular weight is 354 g/mol. The van der Waals surface area contributed by atoms with Crippen LogP contribution in [0.1, 0.15) is 27.1 Å². The van der Waals surface area contributed by atoms with Crippen molar-refractivity contribution in [3.05, 3.63) is 46.1 Å². The Labute approximate surface area is 143 Å². The largest absolute Gasteiger partial charge is 0.467 e. The molecule has 0 radical (unpaired) electrons. The maximum absolute atomic E-state index is 12.6. The molecule has 0 aromatic heterocycles. The normalized spacial score (nSPS) is 15.3. The van der Waals surface area contributed by atoms with E-state index in [0.717, 1.165) is 0 Å². The monoisotopic (exact) mass is 353 g/mol. The Kier molecular flexibility index (Phi) is 5.85. The van der Waals surface area contributed by atoms with E-state index >= 15 is 0 Å². The van der Waals surface area contributed by atoms with Gasteiger partial charge in [-0.15, -0.1) is 0 Å². The number of carbonyl (C=O) groups excluding carboxylic acids is 3. The quantitative estimate of drug-likeness (QED) is 0.792. The molecular formula is C16H16ClNO4S. The van der Waals surface area contributed by atoms with Crippen molar-refractivity contribution in [1.29, 1.82) is 0 Å². The van der Waals surface area contributed by atoms with Gasteiger partial charge in [0.15, 0.2) is 0 Å². The summed E-state index contributed by atoms with van der Waals surface area (Å²) in [4.78, 5) is 36.8. The highest BCUT2D eigenvalue weighted by Crippen LogP contribution is 2.27. The number of rotatable bonds is 6.